The second kappa shape index (κ2) is 5.79. The smallest absolute Gasteiger partial charge is 0.256 e. The summed E-state index contributed by atoms with van der Waals surface area (Å²) in [5.41, 5.74) is 3.48. The van der Waals surface area contributed by atoms with Gasteiger partial charge in [0, 0.05) is 10.2 Å². The van der Waals surface area contributed by atoms with Gasteiger partial charge >= 0.3 is 0 Å². The van der Waals surface area contributed by atoms with Gasteiger partial charge in [0.1, 0.15) is 5.82 Å². The molecule has 0 aliphatic heterocycles. The molecule has 2 N–H and O–H groups in total. The molecule has 0 saturated carbocycles. The van der Waals surface area contributed by atoms with Gasteiger partial charge in [-0.25, -0.2) is 4.98 Å². The molecule has 2 rings (SSSR count). The first-order chi connectivity index (χ1) is 9.40. The van der Waals surface area contributed by atoms with Crippen LogP contribution in [0.25, 0.3) is 0 Å². The third kappa shape index (κ3) is 2.93. The van der Waals surface area contributed by atoms with E-state index in [0.29, 0.717) is 11.4 Å². The zero-order valence-corrected chi connectivity index (χ0v) is 13.6. The fourth-order valence-corrected chi connectivity index (χ4v) is 2.68. The van der Waals surface area contributed by atoms with Crippen molar-refractivity contribution in [2.75, 3.05) is 5.32 Å². The normalized spacial score (nSPS) is 12.2. The van der Waals surface area contributed by atoms with E-state index in [4.69, 9.17) is 0 Å². The molecule has 0 aliphatic carbocycles. The molecule has 1 aromatic heterocycles. The van der Waals surface area contributed by atoms with Crippen molar-refractivity contribution in [1.82, 2.24) is 9.97 Å². The topological polar surface area (TPSA) is 57.8 Å². The Morgan fingerprint density at radius 2 is 2.00 bits per heavy atom. The SMILES string of the molecule is Cc1nc(C)c(C(C)Nc2cccc(Br)c2C)c(=O)[nH]1. The van der Waals surface area contributed by atoms with Gasteiger partial charge in [-0.05, 0) is 45.4 Å². The predicted octanol–water partition coefficient (Wildman–Crippen LogP) is 3.63. The summed E-state index contributed by atoms with van der Waals surface area (Å²) in [7, 11) is 0. The lowest BCUT2D eigenvalue weighted by Crippen LogP contribution is -2.23. The van der Waals surface area contributed by atoms with Crippen LogP contribution in [0.4, 0.5) is 5.69 Å². The molecule has 0 amide bonds. The van der Waals surface area contributed by atoms with Crippen LogP contribution in [0.5, 0.6) is 0 Å². The van der Waals surface area contributed by atoms with E-state index in [1.54, 1.807) is 6.92 Å². The van der Waals surface area contributed by atoms with Gasteiger partial charge in [-0.15, -0.1) is 0 Å². The Labute approximate surface area is 126 Å². The molecule has 1 unspecified atom stereocenters. The highest BCUT2D eigenvalue weighted by atomic mass is 79.9. The molecule has 0 fully saturated rings. The Morgan fingerprint density at radius 3 is 2.65 bits per heavy atom. The van der Waals surface area contributed by atoms with Gasteiger partial charge in [0.15, 0.2) is 0 Å². The lowest BCUT2D eigenvalue weighted by molar-refractivity contribution is 0.812. The molecule has 0 saturated heterocycles. The molecule has 1 atom stereocenters. The van der Waals surface area contributed by atoms with Crippen molar-refractivity contribution >= 4 is 21.6 Å². The van der Waals surface area contributed by atoms with Gasteiger partial charge in [-0.2, -0.15) is 0 Å². The maximum atomic E-state index is 12.1. The number of H-pyrrole nitrogens is 1. The monoisotopic (exact) mass is 335 g/mol. The molecule has 106 valence electrons. The Bertz CT molecular complexity index is 694. The number of hydrogen-bond acceptors (Lipinski definition) is 3. The van der Waals surface area contributed by atoms with E-state index in [2.05, 4.69) is 31.2 Å². The number of benzene rings is 1. The van der Waals surface area contributed by atoms with Crippen molar-refractivity contribution < 1.29 is 0 Å². The summed E-state index contributed by atoms with van der Waals surface area (Å²) in [6.07, 6.45) is 0. The molecule has 1 heterocycles. The molecule has 0 aliphatic rings. The first-order valence-electron chi connectivity index (χ1n) is 6.49. The highest BCUT2D eigenvalue weighted by Crippen LogP contribution is 2.26. The van der Waals surface area contributed by atoms with Crippen LogP contribution in [-0.4, -0.2) is 9.97 Å². The molecule has 0 radical (unpaired) electrons. The van der Waals surface area contributed by atoms with E-state index < -0.39 is 0 Å². The average molecular weight is 336 g/mol. The number of halogens is 1. The van der Waals surface area contributed by atoms with Crippen LogP contribution in [-0.2, 0) is 0 Å². The molecule has 1 aromatic carbocycles. The molecular formula is C15H18BrN3O. The maximum Gasteiger partial charge on any atom is 0.256 e. The zero-order chi connectivity index (χ0) is 14.9. The Morgan fingerprint density at radius 1 is 1.30 bits per heavy atom. The lowest BCUT2D eigenvalue weighted by atomic mass is 10.1. The van der Waals surface area contributed by atoms with Gasteiger partial charge in [0.25, 0.3) is 5.56 Å². The molecule has 0 bridgehead atoms. The van der Waals surface area contributed by atoms with Crippen LogP contribution < -0.4 is 10.9 Å². The Hall–Kier alpha value is -1.62. The van der Waals surface area contributed by atoms with Crippen LogP contribution >= 0.6 is 15.9 Å². The summed E-state index contributed by atoms with van der Waals surface area (Å²) < 4.78 is 1.04. The number of aromatic amines is 1. The number of aryl methyl sites for hydroxylation is 2. The van der Waals surface area contributed by atoms with Gasteiger partial charge < -0.3 is 10.3 Å². The molecular weight excluding hydrogens is 318 g/mol. The second-order valence-electron chi connectivity index (χ2n) is 4.93. The van der Waals surface area contributed by atoms with Gasteiger partial charge in [-0.1, -0.05) is 22.0 Å². The lowest BCUT2D eigenvalue weighted by Gasteiger charge is -2.18. The summed E-state index contributed by atoms with van der Waals surface area (Å²) >= 11 is 3.51. The number of aromatic nitrogens is 2. The fourth-order valence-electron chi connectivity index (χ4n) is 2.31. The molecule has 0 spiro atoms. The Balaban J connectivity index is 2.36. The minimum atomic E-state index is -0.111. The van der Waals surface area contributed by atoms with Gasteiger partial charge in [0.05, 0.1) is 17.3 Å². The number of rotatable bonds is 3. The summed E-state index contributed by atoms with van der Waals surface area (Å²) in [6, 6.07) is 5.86. The van der Waals surface area contributed by atoms with Gasteiger partial charge in [0.2, 0.25) is 0 Å². The summed E-state index contributed by atoms with van der Waals surface area (Å²) in [5.74, 6) is 0.641. The van der Waals surface area contributed by atoms with Gasteiger partial charge in [-0.3, -0.25) is 4.79 Å². The van der Waals surface area contributed by atoms with Crippen LogP contribution in [0.1, 0.15) is 35.6 Å². The van der Waals surface area contributed by atoms with E-state index in [1.165, 1.54) is 0 Å². The molecule has 4 nitrogen and oxygen atoms in total. The van der Waals surface area contributed by atoms with Crippen LogP contribution in [0.15, 0.2) is 27.5 Å². The van der Waals surface area contributed by atoms with E-state index in [-0.39, 0.29) is 11.6 Å². The molecule has 20 heavy (non-hydrogen) atoms. The largest absolute Gasteiger partial charge is 0.378 e. The van der Waals surface area contributed by atoms with Crippen molar-refractivity contribution in [2.45, 2.75) is 33.7 Å². The highest BCUT2D eigenvalue weighted by molar-refractivity contribution is 9.10. The third-order valence-electron chi connectivity index (χ3n) is 3.34. The van der Waals surface area contributed by atoms with Crippen molar-refractivity contribution in [3.8, 4) is 0 Å². The van der Waals surface area contributed by atoms with Crippen molar-refractivity contribution in [2.24, 2.45) is 0 Å². The Kier molecular flexibility index (Phi) is 4.28. The average Bonchev–Trinajstić information content (AvgIpc) is 2.33. The predicted molar refractivity (Wildman–Crippen MR) is 85.2 cm³/mol. The minimum Gasteiger partial charge on any atom is -0.378 e. The van der Waals surface area contributed by atoms with E-state index in [9.17, 15) is 4.79 Å². The number of nitrogens with one attached hydrogen (secondary N) is 2. The van der Waals surface area contributed by atoms with Crippen LogP contribution in [0.3, 0.4) is 0 Å². The summed E-state index contributed by atoms with van der Waals surface area (Å²) in [5, 5.41) is 3.38. The first-order valence-corrected chi connectivity index (χ1v) is 7.28. The van der Waals surface area contributed by atoms with E-state index in [0.717, 1.165) is 21.4 Å². The summed E-state index contributed by atoms with van der Waals surface area (Å²) in [6.45, 7) is 7.65. The standard InChI is InChI=1S/C15H18BrN3O/c1-8-12(16)6-5-7-13(8)18-10(3)14-9(2)17-11(4)19-15(14)20/h5-7,10,18H,1-4H3,(H,17,19,20). The van der Waals surface area contributed by atoms with Crippen molar-refractivity contribution in [3.63, 3.8) is 0 Å². The van der Waals surface area contributed by atoms with Crippen molar-refractivity contribution in [1.29, 1.82) is 0 Å². The maximum absolute atomic E-state index is 12.1. The zero-order valence-electron chi connectivity index (χ0n) is 12.0. The second-order valence-corrected chi connectivity index (χ2v) is 5.78. The highest BCUT2D eigenvalue weighted by Gasteiger charge is 2.15. The first kappa shape index (κ1) is 14.8. The summed E-state index contributed by atoms with van der Waals surface area (Å²) in [4.78, 5) is 19.2. The quantitative estimate of drug-likeness (QED) is 0.900. The van der Waals surface area contributed by atoms with Crippen molar-refractivity contribution in [3.05, 3.63) is 55.7 Å². The third-order valence-corrected chi connectivity index (χ3v) is 4.20. The van der Waals surface area contributed by atoms with E-state index >= 15 is 0 Å². The fraction of sp³-hybridized carbons (Fsp3) is 0.333. The van der Waals surface area contributed by atoms with Crippen LogP contribution in [0, 0.1) is 20.8 Å². The molecule has 5 heteroatoms. The molecule has 2 aromatic rings. The minimum absolute atomic E-state index is 0.0809. The number of hydrogen-bond donors (Lipinski definition) is 2. The number of anilines is 1. The van der Waals surface area contributed by atoms with E-state index in [1.807, 2.05) is 39.0 Å². The van der Waals surface area contributed by atoms with Crippen LogP contribution in [0.2, 0.25) is 0 Å². The number of nitrogens with zero attached hydrogens (tertiary/aromatic N) is 1.